The lowest BCUT2D eigenvalue weighted by molar-refractivity contribution is 0.396. The van der Waals surface area contributed by atoms with Gasteiger partial charge in [-0.25, -0.2) is 4.98 Å². The maximum absolute atomic E-state index is 5.55. The average Bonchev–Trinajstić information content (AvgIpc) is 2.91. The van der Waals surface area contributed by atoms with Crippen LogP contribution in [0.25, 0.3) is 32.7 Å². The fourth-order valence-electron chi connectivity index (χ4n) is 3.14. The molecule has 0 aliphatic carbocycles. The minimum atomic E-state index is 0.600. The molecule has 0 atom stereocenters. The maximum atomic E-state index is 5.55. The van der Waals surface area contributed by atoms with Gasteiger partial charge >= 0.3 is 0 Å². The Labute approximate surface area is 127 Å². The number of H-pyrrole nitrogens is 1. The Morgan fingerprint density at radius 3 is 2.55 bits per heavy atom. The van der Waals surface area contributed by atoms with Crippen molar-refractivity contribution in [1.29, 1.82) is 0 Å². The second-order valence-corrected chi connectivity index (χ2v) is 5.38. The van der Waals surface area contributed by atoms with Gasteiger partial charge in [0.1, 0.15) is 11.3 Å². The monoisotopic (exact) mass is 292 g/mol. The number of para-hydroxylation sites is 1. The summed E-state index contributed by atoms with van der Waals surface area (Å²) in [6.07, 6.45) is 0. The number of rotatable bonds is 2. The molecular weight excluding hydrogens is 276 g/mol. The lowest BCUT2D eigenvalue weighted by Crippen LogP contribution is -1.94. The van der Waals surface area contributed by atoms with Crippen molar-refractivity contribution in [2.24, 2.45) is 0 Å². The van der Waals surface area contributed by atoms with Crippen LogP contribution >= 0.6 is 0 Å². The van der Waals surface area contributed by atoms with Crippen LogP contribution < -0.4 is 9.47 Å². The van der Waals surface area contributed by atoms with Crippen molar-refractivity contribution in [3.8, 4) is 11.6 Å². The number of hydrogen-bond donors (Lipinski definition) is 1. The van der Waals surface area contributed by atoms with Crippen LogP contribution in [0.4, 0.5) is 0 Å². The van der Waals surface area contributed by atoms with Crippen molar-refractivity contribution in [2.75, 3.05) is 14.2 Å². The number of aromatic nitrogens is 2. The van der Waals surface area contributed by atoms with E-state index in [1.165, 1.54) is 10.8 Å². The number of pyridine rings is 1. The number of hydrogen-bond acceptors (Lipinski definition) is 3. The zero-order valence-electron chi connectivity index (χ0n) is 12.7. The van der Waals surface area contributed by atoms with Crippen LogP contribution in [-0.2, 0) is 0 Å². The van der Waals surface area contributed by atoms with E-state index in [0.717, 1.165) is 33.2 Å². The van der Waals surface area contributed by atoms with Gasteiger partial charge in [0.25, 0.3) is 0 Å². The highest BCUT2D eigenvalue weighted by Gasteiger charge is 2.16. The number of benzene rings is 2. The Kier molecular flexibility index (Phi) is 2.73. The summed E-state index contributed by atoms with van der Waals surface area (Å²) in [7, 11) is 3.30. The van der Waals surface area contributed by atoms with Crippen LogP contribution in [0.2, 0.25) is 0 Å². The van der Waals surface area contributed by atoms with E-state index in [4.69, 9.17) is 9.47 Å². The van der Waals surface area contributed by atoms with E-state index in [9.17, 15) is 0 Å². The summed E-state index contributed by atoms with van der Waals surface area (Å²) in [5.41, 5.74) is 4.12. The number of aromatic amines is 1. The number of fused-ring (bicyclic) bond motifs is 5. The molecule has 1 N–H and O–H groups in total. The molecule has 0 saturated heterocycles. The Bertz CT molecular complexity index is 1020. The molecule has 4 nitrogen and oxygen atoms in total. The molecule has 0 amide bonds. The van der Waals surface area contributed by atoms with Gasteiger partial charge in [-0.05, 0) is 18.6 Å². The van der Waals surface area contributed by atoms with Crippen LogP contribution in [0.3, 0.4) is 0 Å². The minimum absolute atomic E-state index is 0.600. The SMILES string of the molecule is COc1cc(C)c2c(n1)c(OC)cc1[nH]c3ccccc3c12. The number of ether oxygens (including phenoxy) is 2. The van der Waals surface area contributed by atoms with Crippen molar-refractivity contribution < 1.29 is 9.47 Å². The van der Waals surface area contributed by atoms with Crippen molar-refractivity contribution >= 4 is 32.7 Å². The second-order valence-electron chi connectivity index (χ2n) is 5.38. The van der Waals surface area contributed by atoms with Crippen molar-refractivity contribution in [2.45, 2.75) is 6.92 Å². The molecule has 0 aliphatic rings. The zero-order valence-corrected chi connectivity index (χ0v) is 12.7. The average molecular weight is 292 g/mol. The molecule has 0 aliphatic heterocycles. The molecule has 0 fully saturated rings. The van der Waals surface area contributed by atoms with E-state index in [0.29, 0.717) is 5.88 Å². The van der Waals surface area contributed by atoms with Gasteiger partial charge in [-0.15, -0.1) is 0 Å². The number of aryl methyl sites for hydroxylation is 1. The number of nitrogens with one attached hydrogen (secondary N) is 1. The topological polar surface area (TPSA) is 47.1 Å². The number of methoxy groups -OCH3 is 2. The van der Waals surface area contributed by atoms with Gasteiger partial charge in [0.15, 0.2) is 0 Å². The van der Waals surface area contributed by atoms with Crippen LogP contribution in [0.1, 0.15) is 5.56 Å². The summed E-state index contributed by atoms with van der Waals surface area (Å²) in [6, 6.07) is 12.3. The quantitative estimate of drug-likeness (QED) is 0.602. The Morgan fingerprint density at radius 2 is 1.77 bits per heavy atom. The molecule has 0 radical (unpaired) electrons. The third-order valence-corrected chi connectivity index (χ3v) is 4.12. The van der Waals surface area contributed by atoms with Gasteiger partial charge in [-0.1, -0.05) is 18.2 Å². The Hall–Kier alpha value is -2.75. The maximum Gasteiger partial charge on any atom is 0.213 e. The fourth-order valence-corrected chi connectivity index (χ4v) is 3.14. The fraction of sp³-hybridized carbons (Fsp3) is 0.167. The highest BCUT2D eigenvalue weighted by molar-refractivity contribution is 6.21. The molecule has 0 saturated carbocycles. The summed E-state index contributed by atoms with van der Waals surface area (Å²) in [5.74, 6) is 1.35. The van der Waals surface area contributed by atoms with E-state index in [1.54, 1.807) is 14.2 Å². The molecule has 4 aromatic rings. The highest BCUT2D eigenvalue weighted by atomic mass is 16.5. The summed E-state index contributed by atoms with van der Waals surface area (Å²) < 4.78 is 10.9. The molecule has 0 unspecified atom stereocenters. The molecule has 0 spiro atoms. The van der Waals surface area contributed by atoms with Gasteiger partial charge in [-0.2, -0.15) is 0 Å². The van der Waals surface area contributed by atoms with Crippen LogP contribution in [-0.4, -0.2) is 24.2 Å². The van der Waals surface area contributed by atoms with Crippen LogP contribution in [0.15, 0.2) is 36.4 Å². The van der Waals surface area contributed by atoms with Crippen LogP contribution in [0, 0.1) is 6.92 Å². The molecule has 110 valence electrons. The van der Waals surface area contributed by atoms with Crippen molar-refractivity contribution in [3.05, 3.63) is 42.0 Å². The summed E-state index contributed by atoms with van der Waals surface area (Å²) in [4.78, 5) is 8.06. The molecule has 4 heteroatoms. The molecule has 4 rings (SSSR count). The third-order valence-electron chi connectivity index (χ3n) is 4.12. The second kappa shape index (κ2) is 4.63. The van der Waals surface area contributed by atoms with Gasteiger partial charge in [0.05, 0.1) is 19.7 Å². The first-order chi connectivity index (χ1) is 10.7. The van der Waals surface area contributed by atoms with Gasteiger partial charge in [-0.3, -0.25) is 0 Å². The first-order valence-corrected chi connectivity index (χ1v) is 7.15. The third kappa shape index (κ3) is 1.67. The first-order valence-electron chi connectivity index (χ1n) is 7.15. The Balaban J connectivity index is 2.30. The zero-order chi connectivity index (χ0) is 15.3. The predicted octanol–water partition coefficient (Wildman–Crippen LogP) is 4.19. The van der Waals surface area contributed by atoms with E-state index in [-0.39, 0.29) is 0 Å². The highest BCUT2D eigenvalue weighted by Crippen LogP contribution is 2.39. The lowest BCUT2D eigenvalue weighted by atomic mass is 10.0. The molecule has 2 heterocycles. The molecule has 2 aromatic carbocycles. The predicted molar refractivity (Wildman–Crippen MR) is 88.9 cm³/mol. The standard InChI is InChI=1S/C18H16N2O2/c1-10-8-15(22-3)20-18-14(21-2)9-13-17(16(10)18)11-6-4-5-7-12(11)19-13/h4-9,19H,1-3H3. The molecular formula is C18H16N2O2. The Morgan fingerprint density at radius 1 is 0.955 bits per heavy atom. The van der Waals surface area contributed by atoms with Crippen LogP contribution in [0.5, 0.6) is 11.6 Å². The summed E-state index contributed by atoms with van der Waals surface area (Å²) >= 11 is 0. The molecule has 2 aromatic heterocycles. The van der Waals surface area contributed by atoms with Crippen molar-refractivity contribution in [1.82, 2.24) is 9.97 Å². The smallest absolute Gasteiger partial charge is 0.213 e. The summed E-state index contributed by atoms with van der Waals surface area (Å²) in [5, 5.41) is 3.48. The van der Waals surface area contributed by atoms with Gasteiger partial charge in [0, 0.05) is 33.8 Å². The van der Waals surface area contributed by atoms with E-state index < -0.39 is 0 Å². The van der Waals surface area contributed by atoms with E-state index in [2.05, 4.69) is 35.1 Å². The van der Waals surface area contributed by atoms with Crippen molar-refractivity contribution in [3.63, 3.8) is 0 Å². The van der Waals surface area contributed by atoms with E-state index >= 15 is 0 Å². The first kappa shape index (κ1) is 13.0. The normalized spacial score (nSPS) is 11.4. The largest absolute Gasteiger partial charge is 0.494 e. The molecule has 22 heavy (non-hydrogen) atoms. The minimum Gasteiger partial charge on any atom is -0.494 e. The van der Waals surface area contributed by atoms with Gasteiger partial charge in [0.2, 0.25) is 5.88 Å². The number of nitrogens with zero attached hydrogens (tertiary/aromatic N) is 1. The summed E-state index contributed by atoms with van der Waals surface area (Å²) in [6.45, 7) is 2.08. The molecule has 0 bridgehead atoms. The lowest BCUT2D eigenvalue weighted by Gasteiger charge is -2.10. The van der Waals surface area contributed by atoms with Gasteiger partial charge < -0.3 is 14.5 Å². The van der Waals surface area contributed by atoms with E-state index in [1.807, 2.05) is 18.2 Å².